The highest BCUT2D eigenvalue weighted by atomic mass is 79.9. The van der Waals surface area contributed by atoms with Crippen LogP contribution in [-0.4, -0.2) is 58.9 Å². The zero-order valence-electron chi connectivity index (χ0n) is 15.0. The smallest absolute Gasteiger partial charge is 0.254 e. The lowest BCUT2D eigenvalue weighted by Gasteiger charge is -2.32. The van der Waals surface area contributed by atoms with Gasteiger partial charge in [-0.2, -0.15) is 0 Å². The molecule has 6 nitrogen and oxygen atoms in total. The second-order valence-electron chi connectivity index (χ2n) is 6.67. The SMILES string of the molecule is CN1CCN(C(=O)c2cccc(Nc3ncc4cccc(Br)c4n3)c2)CC1. The molecule has 1 aliphatic heterocycles. The Labute approximate surface area is 166 Å². The zero-order chi connectivity index (χ0) is 18.8. The van der Waals surface area contributed by atoms with E-state index in [0.29, 0.717) is 11.5 Å². The number of carbonyl (C=O) groups is 1. The Balaban J connectivity index is 1.54. The molecule has 3 aromatic rings. The predicted molar refractivity (Wildman–Crippen MR) is 110 cm³/mol. The van der Waals surface area contributed by atoms with Gasteiger partial charge >= 0.3 is 0 Å². The van der Waals surface area contributed by atoms with Crippen LogP contribution >= 0.6 is 15.9 Å². The number of aromatic nitrogens is 2. The van der Waals surface area contributed by atoms with Crippen molar-refractivity contribution in [3.8, 4) is 0 Å². The Bertz CT molecular complexity index is 985. The Morgan fingerprint density at radius 2 is 1.89 bits per heavy atom. The molecule has 1 amide bonds. The third-order valence-corrected chi connectivity index (χ3v) is 5.36. The number of benzene rings is 2. The van der Waals surface area contributed by atoms with E-state index in [0.717, 1.165) is 47.2 Å². The van der Waals surface area contributed by atoms with Crippen molar-refractivity contribution in [2.45, 2.75) is 0 Å². The molecular weight excluding hydrogens is 406 g/mol. The van der Waals surface area contributed by atoms with Crippen LogP contribution in [0.25, 0.3) is 10.9 Å². The molecule has 138 valence electrons. The number of amides is 1. The fourth-order valence-corrected chi connectivity index (χ4v) is 3.60. The summed E-state index contributed by atoms with van der Waals surface area (Å²) in [6.45, 7) is 3.33. The maximum absolute atomic E-state index is 12.8. The molecule has 4 rings (SSSR count). The van der Waals surface area contributed by atoms with E-state index in [1.807, 2.05) is 47.4 Å². The summed E-state index contributed by atoms with van der Waals surface area (Å²) in [5, 5.41) is 4.17. The van der Waals surface area contributed by atoms with Crippen LogP contribution in [0.2, 0.25) is 0 Å². The normalized spacial score (nSPS) is 15.1. The Kier molecular flexibility index (Phi) is 5.05. The monoisotopic (exact) mass is 425 g/mol. The van der Waals surface area contributed by atoms with Crippen molar-refractivity contribution in [2.75, 3.05) is 38.5 Å². The van der Waals surface area contributed by atoms with Gasteiger partial charge in [0.25, 0.3) is 5.91 Å². The lowest BCUT2D eigenvalue weighted by atomic mass is 10.1. The van der Waals surface area contributed by atoms with Crippen LogP contribution in [-0.2, 0) is 0 Å². The van der Waals surface area contributed by atoms with Gasteiger partial charge in [-0.05, 0) is 47.2 Å². The minimum atomic E-state index is 0.0638. The van der Waals surface area contributed by atoms with E-state index in [4.69, 9.17) is 0 Å². The van der Waals surface area contributed by atoms with Crippen molar-refractivity contribution >= 4 is 44.4 Å². The van der Waals surface area contributed by atoms with Crippen molar-refractivity contribution in [1.29, 1.82) is 0 Å². The number of carbonyl (C=O) groups excluding carboxylic acids is 1. The van der Waals surface area contributed by atoms with Gasteiger partial charge in [0.15, 0.2) is 0 Å². The van der Waals surface area contributed by atoms with Crippen molar-refractivity contribution in [2.24, 2.45) is 0 Å². The van der Waals surface area contributed by atoms with Gasteiger partial charge in [0.05, 0.1) is 5.52 Å². The molecule has 0 spiro atoms. The van der Waals surface area contributed by atoms with Crippen molar-refractivity contribution in [3.05, 3.63) is 58.7 Å². The van der Waals surface area contributed by atoms with E-state index in [1.165, 1.54) is 0 Å². The second kappa shape index (κ2) is 7.62. The van der Waals surface area contributed by atoms with Gasteiger partial charge in [-0.25, -0.2) is 9.97 Å². The number of halogens is 1. The van der Waals surface area contributed by atoms with Gasteiger partial charge in [-0.1, -0.05) is 18.2 Å². The summed E-state index contributed by atoms with van der Waals surface area (Å²) in [5.74, 6) is 0.563. The highest BCUT2D eigenvalue weighted by Gasteiger charge is 2.20. The van der Waals surface area contributed by atoms with Crippen LogP contribution in [0.4, 0.5) is 11.6 Å². The van der Waals surface area contributed by atoms with E-state index < -0.39 is 0 Å². The van der Waals surface area contributed by atoms with Crippen LogP contribution in [0, 0.1) is 0 Å². The van der Waals surface area contributed by atoms with Gasteiger partial charge in [0.2, 0.25) is 5.95 Å². The molecule has 1 aromatic heterocycles. The lowest BCUT2D eigenvalue weighted by Crippen LogP contribution is -2.47. The number of nitrogens with one attached hydrogen (secondary N) is 1. The Morgan fingerprint density at radius 3 is 2.70 bits per heavy atom. The van der Waals surface area contributed by atoms with Gasteiger partial charge < -0.3 is 15.1 Å². The average molecular weight is 426 g/mol. The maximum atomic E-state index is 12.8. The Hall–Kier alpha value is -2.51. The molecule has 2 heterocycles. The molecule has 0 saturated carbocycles. The number of para-hydroxylation sites is 1. The van der Waals surface area contributed by atoms with Gasteiger partial charge in [0, 0.05) is 53.5 Å². The topological polar surface area (TPSA) is 61.4 Å². The van der Waals surface area contributed by atoms with Crippen LogP contribution in [0.15, 0.2) is 53.1 Å². The number of piperazine rings is 1. The minimum absolute atomic E-state index is 0.0638. The zero-order valence-corrected chi connectivity index (χ0v) is 16.6. The van der Waals surface area contributed by atoms with Crippen LogP contribution in [0.1, 0.15) is 10.4 Å². The molecule has 2 aromatic carbocycles. The van der Waals surface area contributed by atoms with Crippen LogP contribution in [0.3, 0.4) is 0 Å². The summed E-state index contributed by atoms with van der Waals surface area (Å²) in [4.78, 5) is 25.9. The number of likely N-dealkylation sites (N-methyl/N-ethyl adjacent to an activating group) is 1. The summed E-state index contributed by atoms with van der Waals surface area (Å²) < 4.78 is 0.921. The Morgan fingerprint density at radius 1 is 1.11 bits per heavy atom. The van der Waals surface area contributed by atoms with E-state index in [9.17, 15) is 4.79 Å². The van der Waals surface area contributed by atoms with E-state index in [-0.39, 0.29) is 5.91 Å². The van der Waals surface area contributed by atoms with Crippen LogP contribution in [0.5, 0.6) is 0 Å². The molecule has 0 bridgehead atoms. The van der Waals surface area contributed by atoms with Crippen molar-refractivity contribution < 1.29 is 4.79 Å². The van der Waals surface area contributed by atoms with E-state index >= 15 is 0 Å². The fourth-order valence-electron chi connectivity index (χ4n) is 3.13. The molecule has 7 heteroatoms. The highest BCUT2D eigenvalue weighted by molar-refractivity contribution is 9.10. The fraction of sp³-hybridized carbons (Fsp3) is 0.250. The molecule has 0 atom stereocenters. The molecule has 0 aliphatic carbocycles. The molecule has 1 N–H and O–H groups in total. The van der Waals surface area contributed by atoms with Crippen LogP contribution < -0.4 is 5.32 Å². The average Bonchev–Trinajstić information content (AvgIpc) is 2.69. The van der Waals surface area contributed by atoms with Crippen molar-refractivity contribution in [1.82, 2.24) is 19.8 Å². The van der Waals surface area contributed by atoms with Gasteiger partial charge in [-0.15, -0.1) is 0 Å². The van der Waals surface area contributed by atoms with E-state index in [1.54, 1.807) is 6.20 Å². The van der Waals surface area contributed by atoms with E-state index in [2.05, 4.69) is 43.2 Å². The summed E-state index contributed by atoms with van der Waals surface area (Å²) in [6.07, 6.45) is 1.79. The van der Waals surface area contributed by atoms with Crippen molar-refractivity contribution in [3.63, 3.8) is 0 Å². The first-order valence-electron chi connectivity index (χ1n) is 8.86. The number of hydrogen-bond donors (Lipinski definition) is 1. The lowest BCUT2D eigenvalue weighted by molar-refractivity contribution is 0.0664. The number of nitrogens with zero attached hydrogens (tertiary/aromatic N) is 4. The molecule has 1 fully saturated rings. The molecule has 27 heavy (non-hydrogen) atoms. The molecule has 0 unspecified atom stereocenters. The molecular formula is C20H20BrN5O. The third-order valence-electron chi connectivity index (χ3n) is 4.72. The van der Waals surface area contributed by atoms with Gasteiger partial charge in [0.1, 0.15) is 0 Å². The first-order chi connectivity index (χ1) is 13.1. The first-order valence-corrected chi connectivity index (χ1v) is 9.65. The number of hydrogen-bond acceptors (Lipinski definition) is 5. The predicted octanol–water partition coefficient (Wildman–Crippen LogP) is 3.52. The molecule has 1 aliphatic rings. The summed E-state index contributed by atoms with van der Waals surface area (Å²) in [5.41, 5.74) is 2.31. The minimum Gasteiger partial charge on any atom is -0.336 e. The number of rotatable bonds is 3. The third kappa shape index (κ3) is 3.94. The number of anilines is 2. The first kappa shape index (κ1) is 17.9. The summed E-state index contributed by atoms with van der Waals surface area (Å²) in [6, 6.07) is 13.4. The highest BCUT2D eigenvalue weighted by Crippen LogP contribution is 2.23. The quantitative estimate of drug-likeness (QED) is 0.695. The second-order valence-corrected chi connectivity index (χ2v) is 7.53. The summed E-state index contributed by atoms with van der Waals surface area (Å²) >= 11 is 3.52. The molecule has 1 saturated heterocycles. The largest absolute Gasteiger partial charge is 0.336 e. The maximum Gasteiger partial charge on any atom is 0.254 e. The standard InChI is InChI=1S/C20H20BrN5O/c1-25-8-10-26(11-9-25)19(27)14-4-2-6-16(12-14)23-20-22-13-15-5-3-7-17(21)18(15)24-20/h2-7,12-13H,8-11H2,1H3,(H,22,23,24). The van der Waals surface area contributed by atoms with Gasteiger partial charge in [-0.3, -0.25) is 4.79 Å². The summed E-state index contributed by atoms with van der Waals surface area (Å²) in [7, 11) is 2.08. The molecule has 0 radical (unpaired) electrons. The number of fused-ring (bicyclic) bond motifs is 1.